The van der Waals surface area contributed by atoms with Gasteiger partial charge in [0.25, 0.3) is 5.91 Å². The van der Waals surface area contributed by atoms with Gasteiger partial charge in [0, 0.05) is 18.0 Å². The van der Waals surface area contributed by atoms with Crippen LogP contribution in [0.3, 0.4) is 0 Å². The normalized spacial score (nSPS) is 10.6. The SMILES string of the molecule is COc1ccc(N(C)C(=O)c2sc(C)cc2OC(F)F)cn1. The van der Waals surface area contributed by atoms with Crippen LogP contribution in [0.2, 0.25) is 0 Å². The molecule has 0 aromatic carbocycles. The molecule has 0 saturated carbocycles. The number of halogens is 2. The number of amides is 1. The highest BCUT2D eigenvalue weighted by molar-refractivity contribution is 7.14. The first-order chi connectivity index (χ1) is 10.4. The van der Waals surface area contributed by atoms with Gasteiger partial charge in [0.1, 0.15) is 10.6 Å². The van der Waals surface area contributed by atoms with Crippen molar-refractivity contribution < 1.29 is 23.0 Å². The number of aromatic nitrogens is 1. The molecule has 2 aromatic rings. The van der Waals surface area contributed by atoms with Gasteiger partial charge in [-0.05, 0) is 19.1 Å². The Labute approximate surface area is 130 Å². The van der Waals surface area contributed by atoms with Gasteiger partial charge in [-0.3, -0.25) is 4.79 Å². The molecule has 0 atom stereocenters. The van der Waals surface area contributed by atoms with E-state index in [2.05, 4.69) is 9.72 Å². The van der Waals surface area contributed by atoms with E-state index >= 15 is 0 Å². The summed E-state index contributed by atoms with van der Waals surface area (Å²) in [6.45, 7) is -1.26. The van der Waals surface area contributed by atoms with Crippen molar-refractivity contribution in [2.75, 3.05) is 19.1 Å². The molecule has 0 spiro atoms. The van der Waals surface area contributed by atoms with E-state index in [9.17, 15) is 13.6 Å². The highest BCUT2D eigenvalue weighted by atomic mass is 32.1. The number of hydrogen-bond donors (Lipinski definition) is 0. The minimum Gasteiger partial charge on any atom is -0.481 e. The van der Waals surface area contributed by atoms with E-state index in [1.165, 1.54) is 31.3 Å². The summed E-state index contributed by atoms with van der Waals surface area (Å²) in [6.07, 6.45) is 1.46. The molecule has 8 heteroatoms. The Morgan fingerprint density at radius 2 is 2.14 bits per heavy atom. The molecule has 0 aliphatic rings. The molecular formula is C14H14F2N2O3S. The number of thiophene rings is 1. The van der Waals surface area contributed by atoms with Gasteiger partial charge in [-0.2, -0.15) is 8.78 Å². The molecule has 5 nitrogen and oxygen atoms in total. The summed E-state index contributed by atoms with van der Waals surface area (Å²) >= 11 is 1.10. The maximum Gasteiger partial charge on any atom is 0.387 e. The van der Waals surface area contributed by atoms with Crippen LogP contribution in [-0.4, -0.2) is 31.7 Å². The second-order valence-electron chi connectivity index (χ2n) is 4.35. The Kier molecular flexibility index (Phi) is 4.92. The smallest absolute Gasteiger partial charge is 0.387 e. The number of pyridine rings is 1. The van der Waals surface area contributed by atoms with E-state index < -0.39 is 12.5 Å². The first kappa shape index (κ1) is 16.2. The van der Waals surface area contributed by atoms with Gasteiger partial charge >= 0.3 is 6.61 Å². The van der Waals surface area contributed by atoms with Gasteiger partial charge in [0.05, 0.1) is 19.0 Å². The fourth-order valence-corrected chi connectivity index (χ4v) is 2.70. The molecule has 0 aliphatic carbocycles. The van der Waals surface area contributed by atoms with Crippen LogP contribution in [-0.2, 0) is 0 Å². The van der Waals surface area contributed by atoms with Crippen LogP contribution in [0.1, 0.15) is 14.5 Å². The second-order valence-corrected chi connectivity index (χ2v) is 5.61. The van der Waals surface area contributed by atoms with Crippen LogP contribution in [0.5, 0.6) is 11.6 Å². The first-order valence-electron chi connectivity index (χ1n) is 6.25. The molecule has 0 radical (unpaired) electrons. The summed E-state index contributed by atoms with van der Waals surface area (Å²) in [4.78, 5) is 18.6. The lowest BCUT2D eigenvalue weighted by atomic mass is 10.3. The first-order valence-corrected chi connectivity index (χ1v) is 7.07. The number of alkyl halides is 2. The molecule has 0 N–H and O–H groups in total. The number of methoxy groups -OCH3 is 1. The Morgan fingerprint density at radius 1 is 1.41 bits per heavy atom. The summed E-state index contributed by atoms with van der Waals surface area (Å²) in [6, 6.07) is 4.68. The molecule has 2 rings (SSSR count). The van der Waals surface area contributed by atoms with Gasteiger partial charge in [0.2, 0.25) is 5.88 Å². The summed E-state index contributed by atoms with van der Waals surface area (Å²) in [5, 5.41) is 0. The summed E-state index contributed by atoms with van der Waals surface area (Å²) < 4.78 is 34.2. The molecule has 1 amide bonds. The third-order valence-electron chi connectivity index (χ3n) is 2.85. The topological polar surface area (TPSA) is 51.7 Å². The molecule has 0 saturated heterocycles. The lowest BCUT2D eigenvalue weighted by Gasteiger charge is -2.17. The molecule has 2 aromatic heterocycles. The van der Waals surface area contributed by atoms with Crippen molar-refractivity contribution in [3.8, 4) is 11.6 Å². The lowest BCUT2D eigenvalue weighted by molar-refractivity contribution is -0.0498. The number of aryl methyl sites for hydroxylation is 1. The monoisotopic (exact) mass is 328 g/mol. The summed E-state index contributed by atoms with van der Waals surface area (Å²) in [7, 11) is 3.02. The Hall–Kier alpha value is -2.22. The van der Waals surface area contributed by atoms with E-state index in [-0.39, 0.29) is 10.6 Å². The second kappa shape index (κ2) is 6.69. The van der Waals surface area contributed by atoms with Crippen LogP contribution in [0.4, 0.5) is 14.5 Å². The van der Waals surface area contributed by atoms with Crippen molar-refractivity contribution in [1.82, 2.24) is 4.98 Å². The molecular weight excluding hydrogens is 314 g/mol. The van der Waals surface area contributed by atoms with Gasteiger partial charge in [-0.1, -0.05) is 0 Å². The fraction of sp³-hybridized carbons (Fsp3) is 0.286. The Morgan fingerprint density at radius 3 is 2.68 bits per heavy atom. The van der Waals surface area contributed by atoms with E-state index in [0.29, 0.717) is 16.4 Å². The predicted octanol–water partition coefficient (Wildman–Crippen LogP) is 3.34. The zero-order valence-electron chi connectivity index (χ0n) is 12.2. The van der Waals surface area contributed by atoms with Crippen molar-refractivity contribution in [2.24, 2.45) is 0 Å². The molecule has 0 unspecified atom stereocenters. The fourth-order valence-electron chi connectivity index (χ4n) is 1.78. The molecule has 22 heavy (non-hydrogen) atoms. The highest BCUT2D eigenvalue weighted by Crippen LogP contribution is 2.32. The van der Waals surface area contributed by atoms with Crippen LogP contribution >= 0.6 is 11.3 Å². The van der Waals surface area contributed by atoms with Crippen molar-refractivity contribution in [3.05, 3.63) is 34.2 Å². The molecule has 0 fully saturated rings. The number of nitrogens with zero attached hydrogens (tertiary/aromatic N) is 2. The minimum atomic E-state index is -2.98. The Balaban J connectivity index is 2.26. The number of carbonyl (C=O) groups is 1. The highest BCUT2D eigenvalue weighted by Gasteiger charge is 2.23. The summed E-state index contributed by atoms with van der Waals surface area (Å²) in [5.41, 5.74) is 0.514. The summed E-state index contributed by atoms with van der Waals surface area (Å²) in [5.74, 6) is -0.144. The maximum atomic E-state index is 12.5. The number of carbonyl (C=O) groups excluding carboxylic acids is 1. The van der Waals surface area contributed by atoms with E-state index in [0.717, 1.165) is 11.3 Å². The van der Waals surface area contributed by atoms with E-state index in [4.69, 9.17) is 4.74 Å². The average Bonchev–Trinajstić information content (AvgIpc) is 2.85. The van der Waals surface area contributed by atoms with Gasteiger partial charge in [-0.15, -0.1) is 11.3 Å². The number of anilines is 1. The Bertz CT molecular complexity index is 659. The largest absolute Gasteiger partial charge is 0.481 e. The standard InChI is InChI=1S/C14H14F2N2O3S/c1-8-6-10(21-14(15)16)12(22-8)13(19)18(2)9-4-5-11(20-3)17-7-9/h4-7,14H,1-3H3. The third kappa shape index (κ3) is 3.51. The maximum absolute atomic E-state index is 12.5. The van der Waals surface area contributed by atoms with Crippen LogP contribution in [0.15, 0.2) is 24.4 Å². The average molecular weight is 328 g/mol. The van der Waals surface area contributed by atoms with Crippen LogP contribution in [0, 0.1) is 6.92 Å². The minimum absolute atomic E-state index is 0.115. The van der Waals surface area contributed by atoms with Crippen LogP contribution in [0.25, 0.3) is 0 Å². The van der Waals surface area contributed by atoms with Crippen LogP contribution < -0.4 is 14.4 Å². The molecule has 2 heterocycles. The van der Waals surface area contributed by atoms with E-state index in [1.54, 1.807) is 19.1 Å². The van der Waals surface area contributed by atoms with Gasteiger partial charge in [0.15, 0.2) is 0 Å². The number of ether oxygens (including phenoxy) is 2. The number of hydrogen-bond acceptors (Lipinski definition) is 5. The zero-order valence-corrected chi connectivity index (χ0v) is 13.0. The molecule has 0 aliphatic heterocycles. The van der Waals surface area contributed by atoms with Crippen molar-refractivity contribution >= 4 is 22.9 Å². The van der Waals surface area contributed by atoms with Gasteiger partial charge in [-0.25, -0.2) is 4.98 Å². The van der Waals surface area contributed by atoms with E-state index in [1.807, 2.05) is 0 Å². The quantitative estimate of drug-likeness (QED) is 0.845. The van der Waals surface area contributed by atoms with Crippen molar-refractivity contribution in [2.45, 2.75) is 13.5 Å². The van der Waals surface area contributed by atoms with Gasteiger partial charge < -0.3 is 14.4 Å². The van der Waals surface area contributed by atoms with Crippen molar-refractivity contribution in [3.63, 3.8) is 0 Å². The molecule has 118 valence electrons. The third-order valence-corrected chi connectivity index (χ3v) is 3.87. The predicted molar refractivity (Wildman–Crippen MR) is 79.2 cm³/mol. The zero-order chi connectivity index (χ0) is 16.3. The molecule has 0 bridgehead atoms. The lowest BCUT2D eigenvalue weighted by Crippen LogP contribution is -2.26. The number of rotatable bonds is 5. The van der Waals surface area contributed by atoms with Crippen molar-refractivity contribution in [1.29, 1.82) is 0 Å².